The first-order chi connectivity index (χ1) is 17.4. The molecular formula is C29H30N2O5. The Morgan fingerprint density at radius 3 is 2.31 bits per heavy atom. The summed E-state index contributed by atoms with van der Waals surface area (Å²) in [5.41, 5.74) is 3.58. The lowest BCUT2D eigenvalue weighted by molar-refractivity contribution is -0.139. The van der Waals surface area contributed by atoms with Crippen molar-refractivity contribution < 1.29 is 23.8 Å². The molecule has 0 spiro atoms. The number of benzene rings is 3. The number of esters is 1. The number of aryl methyl sites for hydroxylation is 2. The number of urea groups is 1. The minimum atomic E-state index is -0.732. The molecule has 0 bridgehead atoms. The average molecular weight is 487 g/mol. The SMILES string of the molecule is CCOC(=O)C1=C(COc2cc(C)cc(C)c2)N(C)C(=O)N[C@H]1c1cccc(Oc2ccccc2)c1. The van der Waals surface area contributed by atoms with E-state index in [0.717, 1.165) is 11.1 Å². The Morgan fingerprint density at radius 2 is 1.61 bits per heavy atom. The van der Waals surface area contributed by atoms with Crippen LogP contribution in [0.2, 0.25) is 0 Å². The lowest BCUT2D eigenvalue weighted by Gasteiger charge is -2.34. The Morgan fingerprint density at radius 1 is 0.917 bits per heavy atom. The second-order valence-corrected chi connectivity index (χ2v) is 8.62. The third kappa shape index (κ3) is 5.68. The fourth-order valence-corrected chi connectivity index (χ4v) is 4.18. The second-order valence-electron chi connectivity index (χ2n) is 8.62. The highest BCUT2D eigenvalue weighted by molar-refractivity contribution is 5.95. The van der Waals surface area contributed by atoms with E-state index in [2.05, 4.69) is 11.4 Å². The maximum Gasteiger partial charge on any atom is 0.338 e. The predicted molar refractivity (Wildman–Crippen MR) is 137 cm³/mol. The van der Waals surface area contributed by atoms with E-state index in [1.807, 2.05) is 80.6 Å². The number of hydrogen-bond acceptors (Lipinski definition) is 5. The molecule has 0 fully saturated rings. The lowest BCUT2D eigenvalue weighted by Crippen LogP contribution is -2.48. The fraction of sp³-hybridized carbons (Fsp3) is 0.241. The summed E-state index contributed by atoms with van der Waals surface area (Å²) in [6.45, 7) is 5.96. The van der Waals surface area contributed by atoms with E-state index in [-0.39, 0.29) is 19.2 Å². The first-order valence-corrected chi connectivity index (χ1v) is 11.8. The normalized spacial score (nSPS) is 15.4. The molecule has 1 heterocycles. The van der Waals surface area contributed by atoms with Gasteiger partial charge in [-0.1, -0.05) is 36.4 Å². The van der Waals surface area contributed by atoms with Crippen LogP contribution in [0, 0.1) is 13.8 Å². The molecule has 1 atom stereocenters. The number of carbonyl (C=O) groups excluding carboxylic acids is 2. The first-order valence-electron chi connectivity index (χ1n) is 11.8. The van der Waals surface area contributed by atoms with E-state index in [1.165, 1.54) is 4.90 Å². The van der Waals surface area contributed by atoms with Crippen molar-refractivity contribution in [2.45, 2.75) is 26.8 Å². The molecular weight excluding hydrogens is 456 g/mol. The molecule has 1 aliphatic rings. The Balaban J connectivity index is 1.71. The smallest absolute Gasteiger partial charge is 0.338 e. The summed E-state index contributed by atoms with van der Waals surface area (Å²) in [5.74, 6) is 1.43. The van der Waals surface area contributed by atoms with Gasteiger partial charge in [-0.2, -0.15) is 0 Å². The van der Waals surface area contributed by atoms with Gasteiger partial charge in [-0.05, 0) is 73.9 Å². The van der Waals surface area contributed by atoms with Gasteiger partial charge < -0.3 is 19.5 Å². The van der Waals surface area contributed by atoms with Gasteiger partial charge in [-0.15, -0.1) is 0 Å². The number of para-hydroxylation sites is 1. The van der Waals surface area contributed by atoms with Crippen molar-refractivity contribution >= 4 is 12.0 Å². The molecule has 0 saturated heterocycles. The molecule has 186 valence electrons. The highest BCUT2D eigenvalue weighted by Crippen LogP contribution is 2.34. The van der Waals surface area contributed by atoms with Crippen LogP contribution in [0.5, 0.6) is 17.2 Å². The highest BCUT2D eigenvalue weighted by atomic mass is 16.5. The van der Waals surface area contributed by atoms with E-state index in [9.17, 15) is 9.59 Å². The van der Waals surface area contributed by atoms with Gasteiger partial charge in [0.1, 0.15) is 23.9 Å². The number of nitrogens with zero attached hydrogens (tertiary/aromatic N) is 1. The van der Waals surface area contributed by atoms with Crippen molar-refractivity contribution in [1.82, 2.24) is 10.2 Å². The van der Waals surface area contributed by atoms with Crippen LogP contribution in [0.25, 0.3) is 0 Å². The predicted octanol–water partition coefficient (Wildman–Crippen LogP) is 5.69. The van der Waals surface area contributed by atoms with Crippen molar-refractivity contribution in [3.8, 4) is 17.2 Å². The summed E-state index contributed by atoms with van der Waals surface area (Å²) in [4.78, 5) is 27.5. The largest absolute Gasteiger partial charge is 0.487 e. The quantitative estimate of drug-likeness (QED) is 0.414. The molecule has 3 aromatic rings. The van der Waals surface area contributed by atoms with Gasteiger partial charge in [0.25, 0.3) is 0 Å². The number of nitrogens with one attached hydrogen (secondary N) is 1. The first kappa shape index (κ1) is 24.9. The van der Waals surface area contributed by atoms with Crippen LogP contribution in [0.3, 0.4) is 0 Å². The van der Waals surface area contributed by atoms with Crippen molar-refractivity contribution in [3.05, 3.63) is 101 Å². The average Bonchev–Trinajstić information content (AvgIpc) is 2.85. The summed E-state index contributed by atoms with van der Waals surface area (Å²) < 4.78 is 17.4. The van der Waals surface area contributed by atoms with Crippen molar-refractivity contribution in [3.63, 3.8) is 0 Å². The number of amides is 2. The summed E-state index contributed by atoms with van der Waals surface area (Å²) in [6.07, 6.45) is 0. The third-order valence-electron chi connectivity index (χ3n) is 5.81. The molecule has 7 heteroatoms. The van der Waals surface area contributed by atoms with Gasteiger partial charge in [-0.3, -0.25) is 4.90 Å². The van der Waals surface area contributed by atoms with E-state index < -0.39 is 12.0 Å². The minimum absolute atomic E-state index is 0.0255. The van der Waals surface area contributed by atoms with Gasteiger partial charge >= 0.3 is 12.0 Å². The van der Waals surface area contributed by atoms with Crippen LogP contribution in [0.15, 0.2) is 84.1 Å². The standard InChI is InChI=1S/C29H30N2O5/c1-5-34-28(32)26-25(18-35-24-15-19(2)14-20(3)16-24)31(4)29(33)30-27(26)21-10-9-13-23(17-21)36-22-11-7-6-8-12-22/h6-17,27H,5,18H2,1-4H3,(H,30,33)/t27-/m0/s1. The molecule has 7 nitrogen and oxygen atoms in total. The Bertz CT molecular complexity index is 1270. The van der Waals surface area contributed by atoms with Crippen molar-refractivity contribution in [1.29, 1.82) is 0 Å². The van der Waals surface area contributed by atoms with Crippen LogP contribution in [0.1, 0.15) is 29.7 Å². The van der Waals surface area contributed by atoms with E-state index in [4.69, 9.17) is 14.2 Å². The Hall–Kier alpha value is -4.26. The number of rotatable bonds is 8. The molecule has 0 unspecified atom stereocenters. The van der Waals surface area contributed by atoms with Gasteiger partial charge in [0.15, 0.2) is 0 Å². The monoisotopic (exact) mass is 486 g/mol. The van der Waals surface area contributed by atoms with Crippen LogP contribution >= 0.6 is 0 Å². The van der Waals surface area contributed by atoms with Crippen LogP contribution < -0.4 is 14.8 Å². The molecule has 36 heavy (non-hydrogen) atoms. The number of ether oxygens (including phenoxy) is 3. The van der Waals surface area contributed by atoms with Crippen LogP contribution in [-0.2, 0) is 9.53 Å². The third-order valence-corrected chi connectivity index (χ3v) is 5.81. The minimum Gasteiger partial charge on any atom is -0.487 e. The molecule has 0 aliphatic carbocycles. The molecule has 2 amide bonds. The van der Waals surface area contributed by atoms with Crippen molar-refractivity contribution in [2.24, 2.45) is 0 Å². The summed E-state index contributed by atoms with van der Waals surface area (Å²) in [6, 6.07) is 21.5. The molecule has 3 aromatic carbocycles. The summed E-state index contributed by atoms with van der Waals surface area (Å²) >= 11 is 0. The molecule has 4 rings (SSSR count). The van der Waals surface area contributed by atoms with Crippen molar-refractivity contribution in [2.75, 3.05) is 20.3 Å². The summed E-state index contributed by atoms with van der Waals surface area (Å²) in [7, 11) is 1.61. The molecule has 0 radical (unpaired) electrons. The highest BCUT2D eigenvalue weighted by Gasteiger charge is 2.37. The van der Waals surface area contributed by atoms with Gasteiger partial charge in [-0.25, -0.2) is 9.59 Å². The zero-order valence-corrected chi connectivity index (χ0v) is 20.9. The Labute approximate surface area is 211 Å². The summed E-state index contributed by atoms with van der Waals surface area (Å²) in [5, 5.41) is 2.93. The van der Waals surface area contributed by atoms with E-state index >= 15 is 0 Å². The van der Waals surface area contributed by atoms with E-state index in [0.29, 0.717) is 34.1 Å². The van der Waals surface area contributed by atoms with Crippen LogP contribution in [0.4, 0.5) is 4.79 Å². The Kier molecular flexibility index (Phi) is 7.59. The van der Waals surface area contributed by atoms with Crippen LogP contribution in [-0.4, -0.2) is 37.2 Å². The zero-order chi connectivity index (χ0) is 25.7. The number of likely N-dealkylation sites (N-methyl/N-ethyl adjacent to an activating group) is 1. The molecule has 0 aromatic heterocycles. The number of carbonyl (C=O) groups is 2. The van der Waals surface area contributed by atoms with Gasteiger partial charge in [0.2, 0.25) is 0 Å². The molecule has 1 aliphatic heterocycles. The zero-order valence-electron chi connectivity index (χ0n) is 20.9. The number of hydrogen-bond donors (Lipinski definition) is 1. The van der Waals surface area contributed by atoms with E-state index in [1.54, 1.807) is 14.0 Å². The van der Waals surface area contributed by atoms with Gasteiger partial charge in [0.05, 0.1) is 23.9 Å². The molecule has 1 N–H and O–H groups in total. The fourth-order valence-electron chi connectivity index (χ4n) is 4.18. The maximum absolute atomic E-state index is 13.2. The van der Waals surface area contributed by atoms with Gasteiger partial charge in [0, 0.05) is 7.05 Å². The second kappa shape index (κ2) is 11.0. The maximum atomic E-state index is 13.2. The lowest BCUT2D eigenvalue weighted by atomic mass is 9.94. The molecule has 0 saturated carbocycles. The topological polar surface area (TPSA) is 77.1 Å².